The van der Waals surface area contributed by atoms with Crippen molar-refractivity contribution >= 4 is 11.5 Å². The van der Waals surface area contributed by atoms with Crippen LogP contribution in [0.25, 0.3) is 5.78 Å². The van der Waals surface area contributed by atoms with E-state index in [0.717, 1.165) is 31.0 Å². The summed E-state index contributed by atoms with van der Waals surface area (Å²) in [4.78, 5) is 8.67. The number of nitrogens with two attached hydrogens (primary N) is 1. The predicted molar refractivity (Wildman–Crippen MR) is 57.6 cm³/mol. The van der Waals surface area contributed by atoms with E-state index in [4.69, 9.17) is 5.73 Å². The van der Waals surface area contributed by atoms with E-state index in [1.807, 2.05) is 16.8 Å². The van der Waals surface area contributed by atoms with Gasteiger partial charge >= 0.3 is 0 Å². The highest BCUT2D eigenvalue weighted by atomic mass is 15.1. The van der Waals surface area contributed by atoms with Crippen molar-refractivity contribution in [3.63, 3.8) is 0 Å². The van der Waals surface area contributed by atoms with Crippen LogP contribution in [0.1, 0.15) is 18.0 Å². The quantitative estimate of drug-likeness (QED) is 0.703. The molecule has 5 nitrogen and oxygen atoms in total. The number of imidazole rings is 1. The van der Waals surface area contributed by atoms with Gasteiger partial charge < -0.3 is 11.1 Å². The second-order valence-electron chi connectivity index (χ2n) is 3.95. The average molecular weight is 203 g/mol. The summed E-state index contributed by atoms with van der Waals surface area (Å²) in [6.45, 7) is 2.09. The van der Waals surface area contributed by atoms with Crippen molar-refractivity contribution in [1.82, 2.24) is 19.7 Å². The van der Waals surface area contributed by atoms with Crippen molar-refractivity contribution in [1.29, 1.82) is 0 Å². The molecule has 2 aromatic rings. The molecule has 1 aliphatic rings. The van der Waals surface area contributed by atoms with Gasteiger partial charge in [0.25, 0.3) is 0 Å². The van der Waals surface area contributed by atoms with Gasteiger partial charge in [0, 0.05) is 24.9 Å². The third-order valence-corrected chi connectivity index (χ3v) is 2.83. The molecule has 1 aliphatic heterocycles. The minimum atomic E-state index is 0.521. The van der Waals surface area contributed by atoms with Crippen LogP contribution >= 0.6 is 0 Å². The Bertz CT molecular complexity index is 484. The molecule has 1 fully saturated rings. The Labute approximate surface area is 87.3 Å². The molecule has 1 saturated heterocycles. The third kappa shape index (κ3) is 1.45. The Morgan fingerprint density at radius 1 is 1.47 bits per heavy atom. The van der Waals surface area contributed by atoms with E-state index in [9.17, 15) is 0 Å². The van der Waals surface area contributed by atoms with Gasteiger partial charge in [-0.15, -0.1) is 0 Å². The van der Waals surface area contributed by atoms with Crippen LogP contribution in [0, 0.1) is 0 Å². The Morgan fingerprint density at radius 2 is 2.40 bits per heavy atom. The molecule has 15 heavy (non-hydrogen) atoms. The van der Waals surface area contributed by atoms with E-state index >= 15 is 0 Å². The molecule has 0 aliphatic carbocycles. The van der Waals surface area contributed by atoms with Gasteiger partial charge in [-0.3, -0.25) is 4.40 Å². The van der Waals surface area contributed by atoms with E-state index < -0.39 is 0 Å². The molecule has 78 valence electrons. The highest BCUT2D eigenvalue weighted by molar-refractivity contribution is 5.40. The highest BCUT2D eigenvalue weighted by Crippen LogP contribution is 2.21. The monoisotopic (exact) mass is 203 g/mol. The molecule has 1 unspecified atom stereocenters. The van der Waals surface area contributed by atoms with Gasteiger partial charge in [-0.1, -0.05) is 0 Å². The number of hydrogen-bond acceptors (Lipinski definition) is 4. The maximum atomic E-state index is 5.66. The van der Waals surface area contributed by atoms with Gasteiger partial charge in [-0.05, 0) is 13.0 Å². The van der Waals surface area contributed by atoms with Crippen LogP contribution in [0.15, 0.2) is 18.6 Å². The maximum absolute atomic E-state index is 5.66. The van der Waals surface area contributed by atoms with Crippen molar-refractivity contribution in [2.45, 2.75) is 12.3 Å². The lowest BCUT2D eigenvalue weighted by molar-refractivity contribution is 0.741. The lowest BCUT2D eigenvalue weighted by Crippen LogP contribution is -2.08. The number of rotatable bonds is 1. The molecule has 0 bridgehead atoms. The van der Waals surface area contributed by atoms with Gasteiger partial charge in [0.1, 0.15) is 0 Å². The number of hydrogen-bond donors (Lipinski definition) is 2. The summed E-state index contributed by atoms with van der Waals surface area (Å²) in [6, 6.07) is 0. The van der Waals surface area contributed by atoms with E-state index in [1.165, 1.54) is 0 Å². The largest absolute Gasteiger partial charge is 0.396 e. The number of fused-ring (bicyclic) bond motifs is 1. The average Bonchev–Trinajstić information content (AvgIpc) is 2.84. The first-order valence-electron chi connectivity index (χ1n) is 5.14. The number of nitrogens with zero attached hydrogens (tertiary/aromatic N) is 3. The minimum absolute atomic E-state index is 0.521. The summed E-state index contributed by atoms with van der Waals surface area (Å²) in [5, 5.41) is 3.33. The van der Waals surface area contributed by atoms with E-state index in [1.54, 1.807) is 6.20 Å². The topological polar surface area (TPSA) is 68.2 Å². The summed E-state index contributed by atoms with van der Waals surface area (Å²) >= 11 is 0. The maximum Gasteiger partial charge on any atom is 0.234 e. The summed E-state index contributed by atoms with van der Waals surface area (Å²) in [6.07, 6.45) is 6.66. The number of aromatic nitrogens is 3. The molecule has 2 aromatic heterocycles. The molecule has 3 rings (SSSR count). The van der Waals surface area contributed by atoms with Gasteiger partial charge in [-0.2, -0.15) is 0 Å². The fraction of sp³-hybridized carbons (Fsp3) is 0.400. The standard InChI is InChI=1S/C10H13N5/c11-8-4-13-10-14-9(6-15(10)5-8)7-1-2-12-3-7/h4-7,12H,1-3,11H2. The van der Waals surface area contributed by atoms with E-state index in [2.05, 4.69) is 15.3 Å². The van der Waals surface area contributed by atoms with Crippen molar-refractivity contribution < 1.29 is 0 Å². The van der Waals surface area contributed by atoms with Crippen LogP contribution in [-0.4, -0.2) is 27.5 Å². The molecular formula is C10H13N5. The van der Waals surface area contributed by atoms with Crippen molar-refractivity contribution in [3.8, 4) is 0 Å². The lowest BCUT2D eigenvalue weighted by Gasteiger charge is -2.01. The zero-order valence-electron chi connectivity index (χ0n) is 8.35. The zero-order valence-corrected chi connectivity index (χ0v) is 8.35. The van der Waals surface area contributed by atoms with E-state index in [-0.39, 0.29) is 0 Å². The first-order chi connectivity index (χ1) is 7.33. The lowest BCUT2D eigenvalue weighted by atomic mass is 10.1. The van der Waals surface area contributed by atoms with Gasteiger partial charge in [-0.25, -0.2) is 9.97 Å². The highest BCUT2D eigenvalue weighted by Gasteiger charge is 2.19. The van der Waals surface area contributed by atoms with Crippen molar-refractivity contribution in [2.24, 2.45) is 0 Å². The summed E-state index contributed by atoms with van der Waals surface area (Å²) < 4.78 is 1.89. The summed E-state index contributed by atoms with van der Waals surface area (Å²) in [5.41, 5.74) is 7.44. The van der Waals surface area contributed by atoms with Gasteiger partial charge in [0.05, 0.1) is 17.6 Å². The summed E-state index contributed by atoms with van der Waals surface area (Å²) in [5.74, 6) is 1.25. The van der Waals surface area contributed by atoms with Crippen LogP contribution in [0.3, 0.4) is 0 Å². The predicted octanol–water partition coefficient (Wildman–Crippen LogP) is 0.388. The van der Waals surface area contributed by atoms with E-state index in [0.29, 0.717) is 11.6 Å². The molecule has 0 spiro atoms. The van der Waals surface area contributed by atoms with Crippen LogP contribution in [0.2, 0.25) is 0 Å². The fourth-order valence-corrected chi connectivity index (χ4v) is 2.02. The molecule has 1 atom stereocenters. The second kappa shape index (κ2) is 3.20. The second-order valence-corrected chi connectivity index (χ2v) is 3.95. The molecule has 0 aromatic carbocycles. The molecule has 0 saturated carbocycles. The third-order valence-electron chi connectivity index (χ3n) is 2.83. The molecule has 3 N–H and O–H groups in total. The number of nitrogens with one attached hydrogen (secondary N) is 1. The van der Waals surface area contributed by atoms with Gasteiger partial charge in [0.15, 0.2) is 0 Å². The van der Waals surface area contributed by atoms with Crippen molar-refractivity contribution in [2.75, 3.05) is 18.8 Å². The first-order valence-corrected chi connectivity index (χ1v) is 5.14. The van der Waals surface area contributed by atoms with Gasteiger partial charge in [0.2, 0.25) is 5.78 Å². The molecule has 3 heterocycles. The molecular weight excluding hydrogens is 190 g/mol. The number of anilines is 1. The summed E-state index contributed by atoms with van der Waals surface area (Å²) in [7, 11) is 0. The number of nitrogen functional groups attached to an aromatic ring is 1. The van der Waals surface area contributed by atoms with Crippen LogP contribution < -0.4 is 11.1 Å². The normalized spacial score (nSPS) is 21.2. The fourth-order valence-electron chi connectivity index (χ4n) is 2.02. The minimum Gasteiger partial charge on any atom is -0.396 e. The first kappa shape index (κ1) is 8.67. The molecule has 0 amide bonds. The van der Waals surface area contributed by atoms with Crippen LogP contribution in [-0.2, 0) is 0 Å². The molecule has 5 heteroatoms. The van der Waals surface area contributed by atoms with Crippen molar-refractivity contribution in [3.05, 3.63) is 24.3 Å². The van der Waals surface area contributed by atoms with Crippen LogP contribution in [0.4, 0.5) is 5.69 Å². The smallest absolute Gasteiger partial charge is 0.234 e. The Hall–Kier alpha value is -1.62. The zero-order chi connectivity index (χ0) is 10.3. The Morgan fingerprint density at radius 3 is 3.20 bits per heavy atom. The Balaban J connectivity index is 2.05. The molecule has 0 radical (unpaired) electrons. The Kier molecular flexibility index (Phi) is 1.85. The van der Waals surface area contributed by atoms with Crippen LogP contribution in [0.5, 0.6) is 0 Å². The SMILES string of the molecule is Nc1cnc2nc(C3CCNC3)cn2c1.